The van der Waals surface area contributed by atoms with E-state index in [1.54, 1.807) is 0 Å². The second-order valence-corrected chi connectivity index (χ2v) is 22.7. The Balaban J connectivity index is 0.000000184. The molecule has 0 saturated carbocycles. The van der Waals surface area contributed by atoms with Crippen molar-refractivity contribution in [2.24, 2.45) is 0 Å². The number of furan rings is 2. The highest BCUT2D eigenvalue weighted by molar-refractivity contribution is 6.29. The van der Waals surface area contributed by atoms with Gasteiger partial charge in [0.15, 0.2) is 0 Å². The molecule has 0 saturated heterocycles. The van der Waals surface area contributed by atoms with Crippen LogP contribution >= 0.6 is 0 Å². The molecule has 102 heavy (non-hydrogen) atoms. The lowest BCUT2D eigenvalue weighted by Gasteiger charge is -2.20. The van der Waals surface area contributed by atoms with Crippen molar-refractivity contribution in [3.05, 3.63) is 363 Å². The zero-order valence-electron chi connectivity index (χ0n) is 109. The van der Waals surface area contributed by atoms with E-state index in [-0.39, 0.29) is 21.5 Å². The molecule has 0 aliphatic heterocycles. The van der Waals surface area contributed by atoms with Gasteiger partial charge in [-0.2, -0.15) is 0 Å². The van der Waals surface area contributed by atoms with E-state index in [9.17, 15) is 34.3 Å². The Morgan fingerprint density at radius 2 is 0.480 bits per heavy atom. The summed E-state index contributed by atoms with van der Waals surface area (Å²) in [6.07, 6.45) is 0. The maximum absolute atomic E-state index is 9.68. The standard InChI is InChI=1S/2C50H30O/c1-3-16-33-31(13-1)15-9-25-38(33)47-40-18-5-7-20-42(40)48(43-21-8-6-19-41(43)47)39-26-11-22-35-36(39)23-10-24-37(35)44-27-12-28-45-49-34-17-4-2-14-32(34)29-30-46(49)51-50(44)45;1-2-14-33-30-34(27-26-31(33)12-1)47-40-16-5-7-18-42(40)48(43-19-8-6-17-41(43)47)39-23-10-20-36-37(39)21-9-22-38(36)44-24-11-25-45-49-35-15-4-3-13-32(35)28-29-46(49)51-50(44)45/h2*1-30H/i1D,2D,3D,4D,5D,6D,7D,8D,9D,10D,11D,12D,13D,14D,15D,16D,17D,18D,19D,20D,21D,23D,24D,25D,26D,27D,29D,30D;1D,2D,3D,4D,5D,6D,7D,8D,9D,10D,11D,12D,13D,14D,15D,16D,17D,18D,19D,20D,21D,22D,23D,24D,25D,26D,27D,28D,29D,30D. The fraction of sp³-hybridized carbons (Fsp3) is 0. The molecular weight excluding hydrogens is 1230 g/mol. The molecule has 20 aromatic carbocycles. The average Bonchev–Trinajstić information content (AvgIpc) is 0.710. The lowest BCUT2D eigenvalue weighted by Crippen LogP contribution is -1.92. The van der Waals surface area contributed by atoms with Crippen molar-refractivity contribution in [1.82, 2.24) is 0 Å². The van der Waals surface area contributed by atoms with Crippen LogP contribution in [0.1, 0.15) is 79.5 Å². The van der Waals surface area contributed by atoms with Crippen molar-refractivity contribution < 1.29 is 88.3 Å². The first-order chi connectivity index (χ1) is 74.8. The molecule has 0 radical (unpaired) electrons. The molecule has 0 N–H and O–H groups in total. The molecule has 472 valence electrons. The fourth-order valence-corrected chi connectivity index (χ4v) is 13.2. The first-order valence-corrected chi connectivity index (χ1v) is 30.5. The van der Waals surface area contributed by atoms with Gasteiger partial charge < -0.3 is 8.83 Å². The Kier molecular flexibility index (Phi) is 5.55. The summed E-state index contributed by atoms with van der Waals surface area (Å²) in [6, 6.07) is -50.7. The predicted octanol–water partition coefficient (Wildman–Crippen LogP) is 28.7. The number of benzene rings is 20. The second-order valence-electron chi connectivity index (χ2n) is 22.7. The Bertz CT molecular complexity index is 10800. The molecule has 2 heteroatoms. The molecule has 22 aromatic rings. The van der Waals surface area contributed by atoms with Crippen LogP contribution in [0.25, 0.3) is 218 Å². The summed E-state index contributed by atoms with van der Waals surface area (Å²) in [5, 5.41) is -14.2. The summed E-state index contributed by atoms with van der Waals surface area (Å²) < 4.78 is 540. The topological polar surface area (TPSA) is 26.3 Å². The van der Waals surface area contributed by atoms with Crippen molar-refractivity contribution in [2.45, 2.75) is 0 Å². The van der Waals surface area contributed by atoms with Crippen LogP contribution in [0.4, 0.5) is 0 Å². The van der Waals surface area contributed by atoms with Crippen LogP contribution in [0.3, 0.4) is 0 Å². The van der Waals surface area contributed by atoms with Gasteiger partial charge in [-0.15, -0.1) is 0 Å². The van der Waals surface area contributed by atoms with Gasteiger partial charge in [-0.3, -0.25) is 0 Å². The average molecular weight is 1350 g/mol. The highest BCUT2D eigenvalue weighted by atomic mass is 16.3. The molecule has 2 heterocycles. The van der Waals surface area contributed by atoms with Crippen LogP contribution in [0, 0.1) is 0 Å². The normalized spacial score (nSPS) is 19.9. The van der Waals surface area contributed by atoms with Crippen molar-refractivity contribution in [1.29, 1.82) is 0 Å². The lowest BCUT2D eigenvalue weighted by molar-refractivity contribution is 0.670. The van der Waals surface area contributed by atoms with E-state index >= 15 is 0 Å². The van der Waals surface area contributed by atoms with Crippen molar-refractivity contribution in [3.8, 4) is 66.8 Å². The maximum Gasteiger partial charge on any atom is 0.143 e. The molecule has 0 atom stereocenters. The quantitative estimate of drug-likeness (QED) is 0.155. The molecule has 0 aliphatic rings. The smallest absolute Gasteiger partial charge is 0.143 e. The van der Waals surface area contributed by atoms with E-state index < -0.39 is 547 Å². The molecule has 2 aromatic heterocycles. The zero-order valence-corrected chi connectivity index (χ0v) is 51.0. The maximum atomic E-state index is 9.68. The summed E-state index contributed by atoms with van der Waals surface area (Å²) in [6.45, 7) is 0. The highest BCUT2D eigenvalue weighted by Gasteiger charge is 2.24. The van der Waals surface area contributed by atoms with Gasteiger partial charge in [0, 0.05) is 32.7 Å². The number of fused-ring (bicyclic) bond motifs is 18. The molecular formula is C100H60O2. The van der Waals surface area contributed by atoms with Crippen molar-refractivity contribution in [2.75, 3.05) is 0 Å². The zero-order chi connectivity index (χ0) is 117. The van der Waals surface area contributed by atoms with Gasteiger partial charge in [0.1, 0.15) is 22.3 Å². The number of rotatable bonds is 6. The van der Waals surface area contributed by atoms with Gasteiger partial charge in [-0.1, -0.05) is 344 Å². The van der Waals surface area contributed by atoms with Gasteiger partial charge in [-0.05, 0) is 181 Å². The Hall–Kier alpha value is -13.4. The molecule has 2 nitrogen and oxygen atoms in total. The fourth-order valence-electron chi connectivity index (χ4n) is 13.2. The number of hydrogen-bond donors (Lipinski definition) is 0. The second kappa shape index (κ2) is 23.1. The van der Waals surface area contributed by atoms with Gasteiger partial charge in [-0.25, -0.2) is 0 Å². The third-order valence-electron chi connectivity index (χ3n) is 17.5. The molecule has 0 amide bonds. The van der Waals surface area contributed by atoms with Crippen LogP contribution in [0.5, 0.6) is 0 Å². The largest absolute Gasteiger partial charge is 0.455 e. The SMILES string of the molecule is [2H]c1c([2H])c([2H])c2c(oc3c([2H])c([2H])c4c([2H])c([2H])c([2H])c([2H])c4c32)c1-c1c([2H])c([2H])c([2H])c2c(-c3c4c([2H])c([2H])c([2H])c([2H])c4c(-c4c([2H])c([2H])c5c([2H])c([2H])c([2H])c([2H])c5c4[2H])c4c([2H])c([2H])c([2H])c([2H])c34)c([2H])c([2H])c([2H])c12.[2H]c1cc2c(oc3c([2H])c([2H])c4c([2H])c([2H])c([2H])c([2H])c4c32)c(-c2c([2H])c([2H])c([2H])c3c(-c4c5c([2H])c([2H])c([2H])c([2H])c5c(-c5c([2H])c([2H])c([2H])c6c([2H])c([2H])c([2H])c([2H])c56)c5c([2H])c([2H])c([2H])c([2H])c45)c([2H])c([2H])cc23)c1[2H]. The Morgan fingerprint density at radius 3 is 1.01 bits per heavy atom. The van der Waals surface area contributed by atoms with Crippen LogP contribution < -0.4 is 0 Å². The lowest BCUT2D eigenvalue weighted by atomic mass is 9.83. The molecule has 22 rings (SSSR count). The molecule has 0 unspecified atom stereocenters. The monoisotopic (exact) mass is 1350 g/mol. The van der Waals surface area contributed by atoms with Crippen LogP contribution in [-0.4, -0.2) is 0 Å². The van der Waals surface area contributed by atoms with Gasteiger partial charge in [0.2, 0.25) is 0 Å². The predicted molar refractivity (Wildman–Crippen MR) is 435 cm³/mol. The number of hydrogen-bond acceptors (Lipinski definition) is 2. The highest BCUT2D eigenvalue weighted by Crippen LogP contribution is 2.51. The first kappa shape index (κ1) is 24.5. The summed E-state index contributed by atoms with van der Waals surface area (Å²) >= 11 is 0. The van der Waals surface area contributed by atoms with Gasteiger partial charge in [0.25, 0.3) is 0 Å². The summed E-state index contributed by atoms with van der Waals surface area (Å²) in [4.78, 5) is 0. The first-order valence-electron chi connectivity index (χ1n) is 59.5. The molecule has 0 spiro atoms. The summed E-state index contributed by atoms with van der Waals surface area (Å²) in [7, 11) is 0. The van der Waals surface area contributed by atoms with E-state index in [1.807, 2.05) is 0 Å². The number of para-hydroxylation sites is 2. The van der Waals surface area contributed by atoms with Gasteiger partial charge >= 0.3 is 0 Å². The minimum absolute atomic E-state index is 0.174. The van der Waals surface area contributed by atoms with Crippen molar-refractivity contribution in [3.63, 3.8) is 0 Å². The van der Waals surface area contributed by atoms with E-state index in [0.717, 1.165) is 12.1 Å². The Labute approximate surface area is 668 Å². The third kappa shape index (κ3) is 8.86. The van der Waals surface area contributed by atoms with Crippen LogP contribution in [0.2, 0.25) is 0 Å². The van der Waals surface area contributed by atoms with Crippen molar-refractivity contribution >= 4 is 152 Å². The minimum atomic E-state index is -1.11. The minimum Gasteiger partial charge on any atom is -0.455 e. The summed E-state index contributed by atoms with van der Waals surface area (Å²) in [5.74, 6) is 0. The van der Waals surface area contributed by atoms with E-state index in [1.165, 1.54) is 0 Å². The van der Waals surface area contributed by atoms with E-state index in [4.69, 9.17) is 54.1 Å². The summed E-state index contributed by atoms with van der Waals surface area (Å²) in [5.41, 5.74) is -10.9. The molecule has 0 aliphatic carbocycles. The van der Waals surface area contributed by atoms with E-state index in [2.05, 4.69) is 0 Å². The van der Waals surface area contributed by atoms with Crippen LogP contribution in [0.15, 0.2) is 371 Å². The molecule has 0 bridgehead atoms. The molecule has 0 fully saturated rings. The van der Waals surface area contributed by atoms with Gasteiger partial charge in [0.05, 0.1) is 79.5 Å². The Morgan fingerprint density at radius 1 is 0.176 bits per heavy atom. The van der Waals surface area contributed by atoms with Crippen LogP contribution in [-0.2, 0) is 0 Å². The third-order valence-corrected chi connectivity index (χ3v) is 17.5. The van der Waals surface area contributed by atoms with E-state index in [0.29, 0.717) is 0 Å².